The molecule has 0 spiro atoms. The van der Waals surface area contributed by atoms with Crippen LogP contribution in [0.3, 0.4) is 0 Å². The summed E-state index contributed by atoms with van der Waals surface area (Å²) in [7, 11) is 0. The summed E-state index contributed by atoms with van der Waals surface area (Å²) in [5.41, 5.74) is 5.57. The smallest absolute Gasteiger partial charge is 0.382 e. The number of anilines is 2. The molecule has 1 atom stereocenters. The van der Waals surface area contributed by atoms with E-state index in [2.05, 4.69) is 25.8 Å². The molecule has 3 aromatic rings. The van der Waals surface area contributed by atoms with Gasteiger partial charge in [0, 0.05) is 6.20 Å². The van der Waals surface area contributed by atoms with Crippen molar-refractivity contribution in [1.82, 2.24) is 20.5 Å². The molecule has 0 radical (unpaired) electrons. The van der Waals surface area contributed by atoms with Crippen LogP contribution in [-0.2, 0) is 6.18 Å². The van der Waals surface area contributed by atoms with E-state index in [1.54, 1.807) is 31.3 Å². The van der Waals surface area contributed by atoms with Gasteiger partial charge in [0.1, 0.15) is 5.82 Å². The third-order valence-electron chi connectivity index (χ3n) is 5.10. The highest BCUT2D eigenvalue weighted by atomic mass is 19.4. The Morgan fingerprint density at radius 1 is 1.28 bits per heavy atom. The summed E-state index contributed by atoms with van der Waals surface area (Å²) in [6.07, 6.45) is 2.64. The Kier molecular flexibility index (Phi) is 5.11. The second-order valence-electron chi connectivity index (χ2n) is 7.58. The minimum atomic E-state index is -4.66. The average Bonchev–Trinajstić information content (AvgIpc) is 3.10. The zero-order valence-electron chi connectivity index (χ0n) is 16.7. The number of carbonyl (C=O) groups is 1. The number of alkyl halides is 3. The number of amides is 2. The number of aromatic amines is 1. The van der Waals surface area contributed by atoms with Crippen molar-refractivity contribution < 1.29 is 22.4 Å². The number of hydrogen-bond donors (Lipinski definition) is 4. The summed E-state index contributed by atoms with van der Waals surface area (Å²) in [6.45, 7) is 1.72. The van der Waals surface area contributed by atoms with Gasteiger partial charge in [-0.2, -0.15) is 18.3 Å². The van der Waals surface area contributed by atoms with E-state index in [0.717, 1.165) is 11.1 Å². The maximum atomic E-state index is 13.9. The normalized spacial score (nSPS) is 18.5. The molecular weight excluding hydrogens is 428 g/mol. The largest absolute Gasteiger partial charge is 0.416 e. The van der Waals surface area contributed by atoms with Gasteiger partial charge in [-0.05, 0) is 43.2 Å². The van der Waals surface area contributed by atoms with Crippen LogP contribution in [0.15, 0.2) is 48.7 Å². The monoisotopic (exact) mass is 446 g/mol. The highest BCUT2D eigenvalue weighted by Crippen LogP contribution is 2.33. The minimum absolute atomic E-state index is 0.311. The molecule has 1 aromatic carbocycles. The first-order valence-electron chi connectivity index (χ1n) is 9.50. The van der Waals surface area contributed by atoms with E-state index in [1.165, 1.54) is 0 Å². The van der Waals surface area contributed by atoms with Crippen LogP contribution in [0.25, 0.3) is 16.5 Å². The first-order chi connectivity index (χ1) is 15.1. The van der Waals surface area contributed by atoms with Crippen molar-refractivity contribution in [1.29, 1.82) is 0 Å². The number of benzene rings is 1. The molecule has 166 valence electrons. The van der Waals surface area contributed by atoms with Crippen LogP contribution in [-0.4, -0.2) is 26.8 Å². The van der Waals surface area contributed by atoms with Crippen LogP contribution >= 0.6 is 0 Å². The molecule has 32 heavy (non-hydrogen) atoms. The van der Waals surface area contributed by atoms with Crippen molar-refractivity contribution in [2.24, 2.45) is 0 Å². The molecule has 1 aliphatic carbocycles. The van der Waals surface area contributed by atoms with E-state index < -0.39 is 34.8 Å². The van der Waals surface area contributed by atoms with E-state index in [-0.39, 0.29) is 0 Å². The number of carbonyl (C=O) groups excluding carboxylic acids is 1. The van der Waals surface area contributed by atoms with Gasteiger partial charge in [-0.1, -0.05) is 18.2 Å². The van der Waals surface area contributed by atoms with Crippen molar-refractivity contribution in [3.8, 4) is 0 Å². The molecule has 1 aliphatic rings. The Labute approximate surface area is 179 Å². The molecule has 7 nitrogen and oxygen atoms in total. The molecule has 0 bridgehead atoms. The Morgan fingerprint density at radius 2 is 2.06 bits per heavy atom. The Hall–Kier alpha value is -3.89. The summed E-state index contributed by atoms with van der Waals surface area (Å²) < 4.78 is 52.5. The number of nitrogens with one attached hydrogen (secondary N) is 3. The second kappa shape index (κ2) is 7.66. The van der Waals surface area contributed by atoms with Crippen molar-refractivity contribution in [2.75, 3.05) is 11.1 Å². The number of fused-ring (bicyclic) bond motifs is 1. The zero-order valence-corrected chi connectivity index (χ0v) is 16.7. The van der Waals surface area contributed by atoms with Crippen molar-refractivity contribution in [2.45, 2.75) is 25.1 Å². The van der Waals surface area contributed by atoms with Crippen molar-refractivity contribution in [3.63, 3.8) is 0 Å². The number of pyridine rings is 1. The third-order valence-corrected chi connectivity index (χ3v) is 5.10. The second-order valence-corrected chi connectivity index (χ2v) is 7.58. The van der Waals surface area contributed by atoms with Gasteiger partial charge in [-0.25, -0.2) is 9.18 Å². The minimum Gasteiger partial charge on any atom is -0.382 e. The molecular formula is C21H18F4N6O. The first-order valence-corrected chi connectivity index (χ1v) is 9.50. The van der Waals surface area contributed by atoms with E-state index in [4.69, 9.17) is 5.73 Å². The molecule has 2 amide bonds. The quantitative estimate of drug-likeness (QED) is 0.440. The number of nitrogens with two attached hydrogens (primary N) is 1. The number of aromatic nitrogens is 3. The summed E-state index contributed by atoms with van der Waals surface area (Å²) in [6, 6.07) is 2.72. The maximum Gasteiger partial charge on any atom is 0.416 e. The molecule has 0 fully saturated rings. The summed E-state index contributed by atoms with van der Waals surface area (Å²) in [5, 5.41) is 12.3. The fourth-order valence-electron chi connectivity index (χ4n) is 3.42. The van der Waals surface area contributed by atoms with Crippen LogP contribution < -0.4 is 16.4 Å². The SMILES string of the molecule is CC1(NC(=O)Nc2cc(C(F)(F)F)ccc2F)C=CC(c2nccc3[nH]nc(N)c23)=CC1. The van der Waals surface area contributed by atoms with Gasteiger partial charge in [0.25, 0.3) is 0 Å². The van der Waals surface area contributed by atoms with Gasteiger partial charge < -0.3 is 16.4 Å². The molecule has 2 heterocycles. The molecule has 1 unspecified atom stereocenters. The lowest BCUT2D eigenvalue weighted by atomic mass is 9.89. The highest BCUT2D eigenvalue weighted by Gasteiger charge is 2.32. The van der Waals surface area contributed by atoms with Gasteiger partial charge in [0.15, 0.2) is 5.82 Å². The fraction of sp³-hybridized carbons (Fsp3) is 0.190. The zero-order chi connectivity index (χ0) is 23.1. The number of H-pyrrole nitrogens is 1. The van der Waals surface area contributed by atoms with Crippen LogP contribution in [0.4, 0.5) is 33.9 Å². The lowest BCUT2D eigenvalue weighted by Gasteiger charge is -2.29. The number of hydrogen-bond acceptors (Lipinski definition) is 4. The van der Waals surface area contributed by atoms with Crippen LogP contribution in [0.1, 0.15) is 24.6 Å². The number of nitrogen functional groups attached to an aromatic ring is 1. The summed E-state index contributed by atoms with van der Waals surface area (Å²) in [5.74, 6) is -0.664. The van der Waals surface area contributed by atoms with Gasteiger partial charge in [0.05, 0.1) is 33.4 Å². The van der Waals surface area contributed by atoms with Crippen LogP contribution in [0.5, 0.6) is 0 Å². The Morgan fingerprint density at radius 3 is 2.75 bits per heavy atom. The number of rotatable bonds is 3. The van der Waals surface area contributed by atoms with E-state index in [1.807, 2.05) is 6.08 Å². The molecule has 2 aromatic heterocycles. The standard InChI is InChI=1S/C21H18F4N6O/c1-20(29-19(32)28-15-10-12(21(23,24)25)2-3-13(15)22)7-4-11(5-8-20)17-16-14(6-9-27-17)30-31-18(16)26/h2-7,9-10H,8H2,1H3,(H3,26,30,31)(H2,28,29,32). The van der Waals surface area contributed by atoms with Gasteiger partial charge >= 0.3 is 12.2 Å². The van der Waals surface area contributed by atoms with E-state index in [9.17, 15) is 22.4 Å². The average molecular weight is 446 g/mol. The Bertz CT molecular complexity index is 1260. The molecule has 5 N–H and O–H groups in total. The third kappa shape index (κ3) is 4.13. The maximum absolute atomic E-state index is 13.9. The van der Waals surface area contributed by atoms with Crippen LogP contribution in [0.2, 0.25) is 0 Å². The van der Waals surface area contributed by atoms with E-state index in [0.29, 0.717) is 41.5 Å². The van der Waals surface area contributed by atoms with Crippen molar-refractivity contribution >= 4 is 34.0 Å². The summed E-state index contributed by atoms with van der Waals surface area (Å²) >= 11 is 0. The Balaban J connectivity index is 1.49. The van der Waals surface area contributed by atoms with Crippen molar-refractivity contribution in [3.05, 3.63) is 65.8 Å². The number of urea groups is 1. The molecule has 0 saturated heterocycles. The fourth-order valence-corrected chi connectivity index (χ4v) is 3.42. The predicted molar refractivity (Wildman–Crippen MR) is 112 cm³/mol. The molecule has 0 aliphatic heterocycles. The summed E-state index contributed by atoms with van der Waals surface area (Å²) in [4.78, 5) is 16.7. The first kappa shape index (κ1) is 21.3. The predicted octanol–water partition coefficient (Wildman–Crippen LogP) is 4.62. The van der Waals surface area contributed by atoms with Gasteiger partial charge in [0.2, 0.25) is 0 Å². The lowest BCUT2D eigenvalue weighted by molar-refractivity contribution is -0.137. The van der Waals surface area contributed by atoms with Crippen LogP contribution in [0, 0.1) is 5.82 Å². The van der Waals surface area contributed by atoms with Gasteiger partial charge in [-0.15, -0.1) is 0 Å². The molecule has 0 saturated carbocycles. The topological polar surface area (TPSA) is 109 Å². The van der Waals surface area contributed by atoms with Gasteiger partial charge in [-0.3, -0.25) is 10.1 Å². The molecule has 11 heteroatoms. The number of nitrogens with zero attached hydrogens (tertiary/aromatic N) is 2. The lowest BCUT2D eigenvalue weighted by Crippen LogP contribution is -2.46. The highest BCUT2D eigenvalue weighted by molar-refractivity contribution is 5.99. The molecule has 4 rings (SSSR count). The number of allylic oxidation sites excluding steroid dienone is 2. The number of halogens is 4. The van der Waals surface area contributed by atoms with E-state index >= 15 is 0 Å².